The Morgan fingerprint density at radius 3 is 2.96 bits per heavy atom. The number of aliphatic hydroxyl groups excluding tert-OH is 2. The first-order valence-electron chi connectivity index (χ1n) is 7.27. The number of hydrogen-bond donors (Lipinski definition) is 3. The molecule has 2 aliphatic rings. The molecular weight excluding hydrogens is 302 g/mol. The minimum absolute atomic E-state index is 0.204. The van der Waals surface area contributed by atoms with Crippen LogP contribution >= 0.6 is 0 Å². The Bertz CT molecular complexity index is 806. The number of aliphatic hydroxyl groups is 2. The predicted octanol–water partition coefficient (Wildman–Crippen LogP) is 0.733. The number of fused-ring (bicyclic) bond motifs is 2. The molecule has 0 saturated carbocycles. The average molecular weight is 317 g/mol. The predicted molar refractivity (Wildman–Crippen MR) is 79.9 cm³/mol. The zero-order valence-electron chi connectivity index (χ0n) is 12.0. The highest BCUT2D eigenvalue weighted by atomic mass is 16.5. The third kappa shape index (κ3) is 2.37. The number of ether oxygens (including phenoxy) is 2. The van der Waals surface area contributed by atoms with Gasteiger partial charge in [-0.1, -0.05) is 12.1 Å². The van der Waals surface area contributed by atoms with Crippen molar-refractivity contribution in [2.45, 2.75) is 24.9 Å². The van der Waals surface area contributed by atoms with Gasteiger partial charge < -0.3 is 25.0 Å². The molecule has 0 radical (unpaired) electrons. The van der Waals surface area contributed by atoms with Crippen molar-refractivity contribution in [3.05, 3.63) is 40.9 Å². The average Bonchev–Trinajstić information content (AvgIpc) is 2.93. The molecule has 2 aliphatic heterocycles. The number of hydrogen-bond acceptors (Lipinski definition) is 7. The number of aromatic nitrogens is 2. The third-order valence-corrected chi connectivity index (χ3v) is 3.97. The summed E-state index contributed by atoms with van der Waals surface area (Å²) in [7, 11) is 0. The molecular formula is C15H15N3O5. The maximum absolute atomic E-state index is 12.2. The lowest BCUT2D eigenvalue weighted by Gasteiger charge is -2.22. The highest BCUT2D eigenvalue weighted by molar-refractivity contribution is 5.72. The molecule has 1 saturated heterocycles. The molecule has 1 unspecified atom stereocenters. The van der Waals surface area contributed by atoms with Crippen LogP contribution in [0.15, 0.2) is 35.3 Å². The quantitative estimate of drug-likeness (QED) is 0.640. The van der Waals surface area contributed by atoms with Gasteiger partial charge >= 0.3 is 5.69 Å². The van der Waals surface area contributed by atoms with Crippen LogP contribution in [-0.4, -0.2) is 38.6 Å². The fraction of sp³-hybridized carbons (Fsp3) is 0.333. The molecule has 2 aromatic rings. The van der Waals surface area contributed by atoms with E-state index in [0.29, 0.717) is 17.3 Å². The minimum Gasteiger partial charge on any atom is -0.450 e. The van der Waals surface area contributed by atoms with Crippen LogP contribution in [0.1, 0.15) is 12.6 Å². The monoisotopic (exact) mass is 317 g/mol. The van der Waals surface area contributed by atoms with Crippen molar-refractivity contribution in [2.24, 2.45) is 0 Å². The molecule has 0 aliphatic carbocycles. The van der Waals surface area contributed by atoms with Crippen molar-refractivity contribution < 1.29 is 19.7 Å². The zero-order valence-corrected chi connectivity index (χ0v) is 12.0. The Morgan fingerprint density at radius 2 is 2.17 bits per heavy atom. The first-order chi connectivity index (χ1) is 11.2. The summed E-state index contributed by atoms with van der Waals surface area (Å²) in [4.78, 5) is 16.2. The number of nitrogens with one attached hydrogen (secondary N) is 1. The normalized spacial score (nSPS) is 25.2. The lowest BCUT2D eigenvalue weighted by molar-refractivity contribution is -0.0459. The Morgan fingerprint density at radius 1 is 1.35 bits per heavy atom. The van der Waals surface area contributed by atoms with Crippen molar-refractivity contribution >= 4 is 11.5 Å². The minimum atomic E-state index is -0.826. The van der Waals surface area contributed by atoms with E-state index in [4.69, 9.17) is 14.6 Å². The SMILES string of the molecule is O=c1nc2c(cn1[C@H]1CC(O)[C@@H](CO)O1)Oc1ccccc1N2. The van der Waals surface area contributed by atoms with Gasteiger partial charge in [0.25, 0.3) is 0 Å². The molecule has 0 amide bonds. The molecule has 8 nitrogen and oxygen atoms in total. The maximum atomic E-state index is 12.2. The molecule has 1 fully saturated rings. The molecule has 0 bridgehead atoms. The van der Waals surface area contributed by atoms with E-state index in [1.54, 1.807) is 6.07 Å². The van der Waals surface area contributed by atoms with Crippen LogP contribution in [0.25, 0.3) is 0 Å². The maximum Gasteiger partial charge on any atom is 0.351 e. The molecule has 8 heteroatoms. The first-order valence-corrected chi connectivity index (χ1v) is 7.27. The lowest BCUT2D eigenvalue weighted by Crippen LogP contribution is -2.28. The van der Waals surface area contributed by atoms with Crippen LogP contribution in [0, 0.1) is 0 Å². The van der Waals surface area contributed by atoms with E-state index < -0.39 is 24.1 Å². The van der Waals surface area contributed by atoms with Crippen LogP contribution in [-0.2, 0) is 4.74 Å². The summed E-state index contributed by atoms with van der Waals surface area (Å²) in [6.07, 6.45) is -0.510. The molecule has 1 aromatic heterocycles. The van der Waals surface area contributed by atoms with Gasteiger partial charge in [0.05, 0.1) is 24.6 Å². The van der Waals surface area contributed by atoms with E-state index in [-0.39, 0.29) is 13.0 Å². The van der Waals surface area contributed by atoms with Crippen molar-refractivity contribution in [2.75, 3.05) is 11.9 Å². The lowest BCUT2D eigenvalue weighted by atomic mass is 10.2. The van der Waals surface area contributed by atoms with E-state index in [2.05, 4.69) is 10.3 Å². The third-order valence-electron chi connectivity index (χ3n) is 3.97. The van der Waals surface area contributed by atoms with Crippen molar-refractivity contribution in [1.82, 2.24) is 9.55 Å². The number of para-hydroxylation sites is 2. The van der Waals surface area contributed by atoms with Crippen molar-refractivity contribution in [3.8, 4) is 11.5 Å². The standard InChI is InChI=1S/C15H15N3O5/c19-7-12-9(20)5-13(23-12)18-6-11-14(17-15(18)21)16-8-3-1-2-4-10(8)22-11/h1-4,6,9,12-13,19-20H,5,7H2,(H,16,17,21)/t9?,12-,13-/m1/s1. The summed E-state index contributed by atoms with van der Waals surface area (Å²) < 4.78 is 12.5. The fourth-order valence-electron chi connectivity index (χ4n) is 2.78. The summed E-state index contributed by atoms with van der Waals surface area (Å²) in [5.74, 6) is 1.36. The molecule has 4 rings (SSSR count). The van der Waals surface area contributed by atoms with Gasteiger partial charge in [0.15, 0.2) is 17.3 Å². The van der Waals surface area contributed by atoms with Crippen LogP contribution < -0.4 is 15.7 Å². The molecule has 23 heavy (non-hydrogen) atoms. The van der Waals surface area contributed by atoms with Gasteiger partial charge in [0, 0.05) is 6.42 Å². The Balaban J connectivity index is 1.69. The van der Waals surface area contributed by atoms with Gasteiger partial charge in [-0.25, -0.2) is 4.79 Å². The van der Waals surface area contributed by atoms with Crippen molar-refractivity contribution in [3.63, 3.8) is 0 Å². The van der Waals surface area contributed by atoms with Gasteiger partial charge in [-0.05, 0) is 12.1 Å². The Hall–Kier alpha value is -2.42. The highest BCUT2D eigenvalue weighted by Crippen LogP contribution is 2.40. The molecule has 3 N–H and O–H groups in total. The van der Waals surface area contributed by atoms with E-state index in [0.717, 1.165) is 5.69 Å². The van der Waals surface area contributed by atoms with Crippen LogP contribution in [0.5, 0.6) is 11.5 Å². The molecule has 3 atom stereocenters. The number of rotatable bonds is 2. The van der Waals surface area contributed by atoms with Gasteiger partial charge in [0.2, 0.25) is 0 Å². The summed E-state index contributed by atoms with van der Waals surface area (Å²) in [5, 5.41) is 22.0. The second kappa shape index (κ2) is 5.34. The smallest absolute Gasteiger partial charge is 0.351 e. The zero-order chi connectivity index (χ0) is 16.0. The molecule has 1 aromatic carbocycles. The highest BCUT2D eigenvalue weighted by Gasteiger charge is 2.35. The Kier molecular flexibility index (Phi) is 3.29. The van der Waals surface area contributed by atoms with Gasteiger partial charge in [-0.15, -0.1) is 0 Å². The second-order valence-electron chi connectivity index (χ2n) is 5.48. The second-order valence-corrected chi connectivity index (χ2v) is 5.48. The van der Waals surface area contributed by atoms with Crippen molar-refractivity contribution in [1.29, 1.82) is 0 Å². The number of nitrogens with zero attached hydrogens (tertiary/aromatic N) is 2. The van der Waals surface area contributed by atoms with Crippen LogP contribution in [0.2, 0.25) is 0 Å². The molecule has 0 spiro atoms. The number of benzene rings is 1. The summed E-state index contributed by atoms with van der Waals surface area (Å²) in [6, 6.07) is 7.33. The summed E-state index contributed by atoms with van der Waals surface area (Å²) in [5.41, 5.74) is 0.215. The van der Waals surface area contributed by atoms with E-state index in [1.165, 1.54) is 10.8 Å². The Labute approximate surface area is 130 Å². The van der Waals surface area contributed by atoms with E-state index >= 15 is 0 Å². The van der Waals surface area contributed by atoms with Gasteiger partial charge in [-0.2, -0.15) is 4.98 Å². The summed E-state index contributed by atoms with van der Waals surface area (Å²) in [6.45, 7) is -0.309. The van der Waals surface area contributed by atoms with E-state index in [9.17, 15) is 9.90 Å². The first kappa shape index (κ1) is 14.2. The van der Waals surface area contributed by atoms with Crippen LogP contribution in [0.4, 0.5) is 11.5 Å². The van der Waals surface area contributed by atoms with Gasteiger partial charge in [-0.3, -0.25) is 4.57 Å². The summed E-state index contributed by atoms with van der Waals surface area (Å²) >= 11 is 0. The van der Waals surface area contributed by atoms with Crippen LogP contribution in [0.3, 0.4) is 0 Å². The largest absolute Gasteiger partial charge is 0.450 e. The topological polar surface area (TPSA) is 106 Å². The fourth-order valence-corrected chi connectivity index (χ4v) is 2.78. The molecule has 120 valence electrons. The number of anilines is 2. The van der Waals surface area contributed by atoms with E-state index in [1.807, 2.05) is 18.2 Å². The van der Waals surface area contributed by atoms with Gasteiger partial charge in [0.1, 0.15) is 12.3 Å². The molecule has 3 heterocycles.